The predicted molar refractivity (Wildman–Crippen MR) is 102 cm³/mol. The van der Waals surface area contributed by atoms with Gasteiger partial charge in [-0.2, -0.15) is 0 Å². The Hall–Kier alpha value is -3.03. The number of aromatic hydroxyl groups is 1. The molecule has 0 bridgehead atoms. The number of nitrogens with one attached hydrogen (secondary N) is 1. The molecule has 28 heavy (non-hydrogen) atoms. The number of esters is 1. The minimum Gasteiger partial charge on any atom is -0.508 e. The highest BCUT2D eigenvalue weighted by atomic mass is 16.6. The van der Waals surface area contributed by atoms with E-state index in [4.69, 9.17) is 13.9 Å². The SMILES string of the molecule is CC(C)[C@H](NC(=O)OC(C)(C)C)C(=O)OCc1cc(=O)oc2cc(O)ccc12. The first kappa shape index (κ1) is 21.3. The van der Waals surface area contributed by atoms with Crippen molar-refractivity contribution in [2.24, 2.45) is 5.92 Å². The Morgan fingerprint density at radius 2 is 1.89 bits per heavy atom. The fourth-order valence-corrected chi connectivity index (χ4v) is 2.51. The Bertz CT molecular complexity index is 924. The molecular weight excluding hydrogens is 366 g/mol. The maximum atomic E-state index is 12.5. The molecule has 152 valence electrons. The van der Waals surface area contributed by atoms with Gasteiger partial charge in [0.1, 0.15) is 29.6 Å². The molecule has 0 radical (unpaired) electrons. The van der Waals surface area contributed by atoms with Gasteiger partial charge >= 0.3 is 17.7 Å². The summed E-state index contributed by atoms with van der Waals surface area (Å²) < 4.78 is 15.5. The van der Waals surface area contributed by atoms with E-state index in [0.29, 0.717) is 10.9 Å². The molecule has 8 nitrogen and oxygen atoms in total. The van der Waals surface area contributed by atoms with Gasteiger partial charge in [0.2, 0.25) is 0 Å². The fraction of sp³-hybridized carbons (Fsp3) is 0.450. The fourth-order valence-electron chi connectivity index (χ4n) is 2.51. The number of hydrogen-bond acceptors (Lipinski definition) is 7. The van der Waals surface area contributed by atoms with Crippen molar-refractivity contribution in [1.29, 1.82) is 0 Å². The molecule has 2 rings (SSSR count). The van der Waals surface area contributed by atoms with E-state index < -0.39 is 29.3 Å². The summed E-state index contributed by atoms with van der Waals surface area (Å²) in [6.07, 6.45) is -0.718. The number of carbonyl (C=O) groups is 2. The quantitative estimate of drug-likeness (QED) is 0.594. The number of fused-ring (bicyclic) bond motifs is 1. The molecule has 2 N–H and O–H groups in total. The molecule has 2 aromatic rings. The molecule has 1 aromatic heterocycles. The number of alkyl carbamates (subject to hydrolysis) is 1. The standard InChI is InChI=1S/C20H25NO7/c1-11(2)17(21-19(25)28-20(3,4)5)18(24)26-10-12-8-16(23)27-15-9-13(22)6-7-14(12)15/h6-9,11,17,22H,10H2,1-5H3,(H,21,25)/t17-/m0/s1. The van der Waals surface area contributed by atoms with E-state index in [-0.39, 0.29) is 23.9 Å². The molecule has 8 heteroatoms. The maximum Gasteiger partial charge on any atom is 0.408 e. The highest BCUT2D eigenvalue weighted by Crippen LogP contribution is 2.22. The molecule has 1 heterocycles. The lowest BCUT2D eigenvalue weighted by Gasteiger charge is -2.24. The van der Waals surface area contributed by atoms with Crippen molar-refractivity contribution < 1.29 is 28.6 Å². The van der Waals surface area contributed by atoms with Crippen LogP contribution < -0.4 is 10.9 Å². The highest BCUT2D eigenvalue weighted by Gasteiger charge is 2.28. The Morgan fingerprint density at radius 3 is 2.50 bits per heavy atom. The van der Waals surface area contributed by atoms with Gasteiger partial charge in [-0.3, -0.25) is 0 Å². The smallest absolute Gasteiger partial charge is 0.408 e. The number of hydrogen-bond donors (Lipinski definition) is 2. The Labute approximate surface area is 162 Å². The van der Waals surface area contributed by atoms with Crippen LogP contribution in [0.4, 0.5) is 4.79 Å². The zero-order valence-corrected chi connectivity index (χ0v) is 16.6. The van der Waals surface area contributed by atoms with E-state index in [0.717, 1.165) is 0 Å². The van der Waals surface area contributed by atoms with Gasteiger partial charge in [0.05, 0.1) is 0 Å². The van der Waals surface area contributed by atoms with Crippen LogP contribution in [0.25, 0.3) is 11.0 Å². The summed E-state index contributed by atoms with van der Waals surface area (Å²) in [5, 5.41) is 12.6. The van der Waals surface area contributed by atoms with Gasteiger partial charge in [-0.15, -0.1) is 0 Å². The lowest BCUT2D eigenvalue weighted by Crippen LogP contribution is -2.47. The summed E-state index contributed by atoms with van der Waals surface area (Å²) in [5.41, 5.74) is -0.709. The van der Waals surface area contributed by atoms with E-state index in [1.807, 2.05) is 0 Å². The largest absolute Gasteiger partial charge is 0.508 e. The van der Waals surface area contributed by atoms with Crippen LogP contribution >= 0.6 is 0 Å². The number of benzene rings is 1. The van der Waals surface area contributed by atoms with Crippen LogP contribution in [0.5, 0.6) is 5.75 Å². The minimum atomic E-state index is -0.912. The third-order valence-corrected chi connectivity index (χ3v) is 3.78. The summed E-state index contributed by atoms with van der Waals surface area (Å²) in [7, 11) is 0. The molecule has 0 fully saturated rings. The topological polar surface area (TPSA) is 115 Å². The van der Waals surface area contributed by atoms with Crippen molar-refractivity contribution in [2.45, 2.75) is 52.9 Å². The lowest BCUT2D eigenvalue weighted by molar-refractivity contribution is -0.148. The van der Waals surface area contributed by atoms with E-state index in [9.17, 15) is 19.5 Å². The van der Waals surface area contributed by atoms with Crippen LogP contribution in [0.15, 0.2) is 33.5 Å². The molecule has 1 aromatic carbocycles. The molecule has 1 amide bonds. The molecule has 0 unspecified atom stereocenters. The van der Waals surface area contributed by atoms with Gasteiger partial charge in [0, 0.05) is 23.1 Å². The second-order valence-corrected chi connectivity index (χ2v) is 7.75. The monoisotopic (exact) mass is 391 g/mol. The van der Waals surface area contributed by atoms with Crippen molar-refractivity contribution in [3.63, 3.8) is 0 Å². The van der Waals surface area contributed by atoms with Crippen LogP contribution in [0.1, 0.15) is 40.2 Å². The summed E-state index contributed by atoms with van der Waals surface area (Å²) in [6.45, 7) is 8.50. The van der Waals surface area contributed by atoms with Gasteiger partial charge in [-0.25, -0.2) is 14.4 Å². The first-order valence-corrected chi connectivity index (χ1v) is 8.88. The number of phenolic OH excluding ortho intramolecular Hbond substituents is 1. The summed E-state index contributed by atoms with van der Waals surface area (Å²) in [4.78, 5) is 36.2. The number of rotatable bonds is 5. The maximum absolute atomic E-state index is 12.5. The van der Waals surface area contributed by atoms with Crippen molar-refractivity contribution in [1.82, 2.24) is 5.32 Å². The molecule has 0 spiro atoms. The first-order valence-electron chi connectivity index (χ1n) is 8.88. The average Bonchev–Trinajstić information content (AvgIpc) is 2.54. The molecule has 1 atom stereocenters. The Kier molecular flexibility index (Phi) is 6.33. The van der Waals surface area contributed by atoms with Gasteiger partial charge in [-0.05, 0) is 38.8 Å². The average molecular weight is 391 g/mol. The van der Waals surface area contributed by atoms with E-state index in [1.165, 1.54) is 18.2 Å². The number of carbonyl (C=O) groups excluding carboxylic acids is 2. The summed E-state index contributed by atoms with van der Waals surface area (Å²) in [6, 6.07) is 4.62. The minimum absolute atomic E-state index is 0.0498. The zero-order valence-electron chi connectivity index (χ0n) is 16.6. The summed E-state index contributed by atoms with van der Waals surface area (Å²) in [5.74, 6) is -0.943. The normalized spacial score (nSPS) is 12.6. The lowest BCUT2D eigenvalue weighted by atomic mass is 10.0. The van der Waals surface area contributed by atoms with E-state index >= 15 is 0 Å². The van der Waals surface area contributed by atoms with Crippen LogP contribution in [-0.2, 0) is 20.9 Å². The molecule has 0 aliphatic heterocycles. The van der Waals surface area contributed by atoms with Gasteiger partial charge in [0.25, 0.3) is 0 Å². The Balaban J connectivity index is 2.14. The third kappa shape index (κ3) is 5.73. The van der Waals surface area contributed by atoms with Crippen molar-refractivity contribution in [3.8, 4) is 5.75 Å². The second-order valence-electron chi connectivity index (χ2n) is 7.75. The number of phenols is 1. The van der Waals surface area contributed by atoms with Crippen LogP contribution in [0.2, 0.25) is 0 Å². The highest BCUT2D eigenvalue weighted by molar-refractivity contribution is 5.83. The van der Waals surface area contributed by atoms with E-state index in [1.54, 1.807) is 40.7 Å². The van der Waals surface area contributed by atoms with Gasteiger partial charge in [-0.1, -0.05) is 13.8 Å². The molecule has 0 aliphatic rings. The number of ether oxygens (including phenoxy) is 2. The van der Waals surface area contributed by atoms with E-state index in [2.05, 4.69) is 5.32 Å². The molecular formula is C20H25NO7. The molecule has 0 aliphatic carbocycles. The molecule has 0 saturated heterocycles. The van der Waals surface area contributed by atoms with Crippen LogP contribution in [-0.4, -0.2) is 28.8 Å². The first-order chi connectivity index (χ1) is 13.0. The van der Waals surface area contributed by atoms with Gasteiger partial charge in [0.15, 0.2) is 0 Å². The van der Waals surface area contributed by atoms with Crippen molar-refractivity contribution >= 4 is 23.0 Å². The van der Waals surface area contributed by atoms with Crippen LogP contribution in [0.3, 0.4) is 0 Å². The van der Waals surface area contributed by atoms with Crippen molar-refractivity contribution in [2.75, 3.05) is 0 Å². The van der Waals surface area contributed by atoms with Gasteiger partial charge < -0.3 is 24.3 Å². The predicted octanol–water partition coefficient (Wildman–Crippen LogP) is 3.09. The summed E-state index contributed by atoms with van der Waals surface area (Å²) >= 11 is 0. The third-order valence-electron chi connectivity index (χ3n) is 3.78. The molecule has 0 saturated carbocycles. The Morgan fingerprint density at radius 1 is 1.21 bits per heavy atom. The van der Waals surface area contributed by atoms with Crippen LogP contribution in [0, 0.1) is 5.92 Å². The second kappa shape index (κ2) is 8.33. The van der Waals surface area contributed by atoms with Crippen molar-refractivity contribution in [3.05, 3.63) is 40.2 Å². The number of amides is 1. The zero-order chi connectivity index (χ0) is 21.1.